The van der Waals surface area contributed by atoms with Crippen molar-refractivity contribution < 1.29 is 9.47 Å². The average molecular weight is 272 g/mol. The fraction of sp³-hybridized carbons (Fsp3) is 0.769. The number of thiazole rings is 1. The van der Waals surface area contributed by atoms with Crippen molar-refractivity contribution in [2.24, 2.45) is 0 Å². The third-order valence-electron chi connectivity index (χ3n) is 2.31. The first-order valence-electron chi connectivity index (χ1n) is 6.25. The fourth-order valence-corrected chi connectivity index (χ4v) is 2.37. The molecule has 1 aromatic heterocycles. The predicted molar refractivity (Wildman–Crippen MR) is 74.7 cm³/mol. The van der Waals surface area contributed by atoms with Crippen LogP contribution in [-0.4, -0.2) is 24.2 Å². The van der Waals surface area contributed by atoms with Crippen LogP contribution in [0.2, 0.25) is 0 Å². The molecule has 0 fully saturated rings. The topological polar surface area (TPSA) is 43.4 Å². The molecular weight excluding hydrogens is 248 g/mol. The Kier molecular flexibility index (Phi) is 6.21. The van der Waals surface area contributed by atoms with Crippen molar-refractivity contribution in [2.45, 2.75) is 53.0 Å². The lowest BCUT2D eigenvalue weighted by Gasteiger charge is -2.20. The highest BCUT2D eigenvalue weighted by Gasteiger charge is 2.14. The quantitative estimate of drug-likeness (QED) is 0.829. The van der Waals surface area contributed by atoms with Gasteiger partial charge in [-0.3, -0.25) is 0 Å². The highest BCUT2D eigenvalue weighted by Crippen LogP contribution is 2.21. The van der Waals surface area contributed by atoms with Gasteiger partial charge in [-0.15, -0.1) is 11.3 Å². The minimum atomic E-state index is 0.106. The molecule has 0 bridgehead atoms. The minimum Gasteiger partial charge on any atom is -0.378 e. The summed E-state index contributed by atoms with van der Waals surface area (Å²) in [5.74, 6) is 0. The van der Waals surface area contributed by atoms with Gasteiger partial charge in [0.05, 0.1) is 18.9 Å². The van der Waals surface area contributed by atoms with Crippen LogP contribution in [0, 0.1) is 0 Å². The Labute approximate surface area is 114 Å². The Hall–Kier alpha value is -0.490. The fourth-order valence-electron chi connectivity index (χ4n) is 1.42. The van der Waals surface area contributed by atoms with Gasteiger partial charge in [-0.1, -0.05) is 0 Å². The predicted octanol–water partition coefficient (Wildman–Crippen LogP) is 2.71. The number of hydrogen-bond donors (Lipinski definition) is 1. The first kappa shape index (κ1) is 15.6. The molecule has 1 rings (SSSR count). The molecule has 4 nitrogen and oxygen atoms in total. The summed E-state index contributed by atoms with van der Waals surface area (Å²) >= 11 is 1.70. The number of ether oxygens (including phenoxy) is 2. The van der Waals surface area contributed by atoms with Crippen molar-refractivity contribution >= 4 is 11.3 Å². The number of aromatic nitrogens is 1. The average Bonchev–Trinajstić information content (AvgIpc) is 2.66. The van der Waals surface area contributed by atoms with E-state index in [1.807, 2.05) is 6.92 Å². The highest BCUT2D eigenvalue weighted by atomic mass is 32.1. The van der Waals surface area contributed by atoms with Gasteiger partial charge in [-0.2, -0.15) is 0 Å². The molecule has 0 unspecified atom stereocenters. The van der Waals surface area contributed by atoms with E-state index < -0.39 is 0 Å². The second-order valence-corrected chi connectivity index (χ2v) is 6.32. The van der Waals surface area contributed by atoms with E-state index in [9.17, 15) is 0 Å². The van der Waals surface area contributed by atoms with E-state index in [-0.39, 0.29) is 5.54 Å². The largest absolute Gasteiger partial charge is 0.378 e. The summed E-state index contributed by atoms with van der Waals surface area (Å²) in [5.41, 5.74) is 1.13. The van der Waals surface area contributed by atoms with Crippen LogP contribution < -0.4 is 5.32 Å². The zero-order chi connectivity index (χ0) is 13.6. The molecule has 0 saturated carbocycles. The van der Waals surface area contributed by atoms with Gasteiger partial charge in [0.25, 0.3) is 0 Å². The minimum absolute atomic E-state index is 0.106. The van der Waals surface area contributed by atoms with Gasteiger partial charge in [0.2, 0.25) is 0 Å². The molecule has 0 radical (unpaired) electrons. The summed E-state index contributed by atoms with van der Waals surface area (Å²) in [7, 11) is 1.70. The second kappa shape index (κ2) is 7.19. The van der Waals surface area contributed by atoms with Gasteiger partial charge in [0, 0.05) is 30.7 Å². The third-order valence-corrected chi connectivity index (χ3v) is 3.38. The molecule has 18 heavy (non-hydrogen) atoms. The van der Waals surface area contributed by atoms with Gasteiger partial charge in [-0.25, -0.2) is 4.98 Å². The number of hydrogen-bond acceptors (Lipinski definition) is 5. The summed E-state index contributed by atoms with van der Waals surface area (Å²) in [5, 5.41) is 4.50. The molecule has 0 spiro atoms. The van der Waals surface area contributed by atoms with Crippen LogP contribution >= 0.6 is 11.3 Å². The summed E-state index contributed by atoms with van der Waals surface area (Å²) in [6, 6.07) is 0. The summed E-state index contributed by atoms with van der Waals surface area (Å²) in [6.45, 7) is 11.2. The van der Waals surface area contributed by atoms with E-state index in [1.54, 1.807) is 18.4 Å². The SMILES string of the molecule is CCOCc1nc(COC)c(CNC(C)(C)C)s1. The lowest BCUT2D eigenvalue weighted by molar-refractivity contribution is 0.133. The number of nitrogens with one attached hydrogen (secondary N) is 1. The van der Waals surface area contributed by atoms with Crippen molar-refractivity contribution in [3.63, 3.8) is 0 Å². The first-order valence-corrected chi connectivity index (χ1v) is 7.07. The van der Waals surface area contributed by atoms with Gasteiger partial charge in [0.15, 0.2) is 0 Å². The zero-order valence-corrected chi connectivity index (χ0v) is 12.8. The van der Waals surface area contributed by atoms with Crippen LogP contribution in [0.4, 0.5) is 0 Å². The van der Waals surface area contributed by atoms with Crippen LogP contribution in [0.5, 0.6) is 0 Å². The van der Waals surface area contributed by atoms with Crippen molar-refractivity contribution in [3.05, 3.63) is 15.6 Å². The van der Waals surface area contributed by atoms with E-state index >= 15 is 0 Å². The van der Waals surface area contributed by atoms with E-state index in [2.05, 4.69) is 31.1 Å². The van der Waals surface area contributed by atoms with Crippen molar-refractivity contribution in [3.8, 4) is 0 Å². The Balaban J connectivity index is 2.70. The van der Waals surface area contributed by atoms with Gasteiger partial charge < -0.3 is 14.8 Å². The van der Waals surface area contributed by atoms with Crippen LogP contribution in [0.25, 0.3) is 0 Å². The smallest absolute Gasteiger partial charge is 0.119 e. The Morgan fingerprint density at radius 1 is 1.28 bits per heavy atom. The lowest BCUT2D eigenvalue weighted by atomic mass is 10.1. The maximum absolute atomic E-state index is 5.40. The molecule has 0 aromatic carbocycles. The Morgan fingerprint density at radius 3 is 2.56 bits per heavy atom. The van der Waals surface area contributed by atoms with Crippen molar-refractivity contribution in [1.82, 2.24) is 10.3 Å². The van der Waals surface area contributed by atoms with Gasteiger partial charge in [-0.05, 0) is 27.7 Å². The summed E-state index contributed by atoms with van der Waals surface area (Å²) < 4.78 is 10.6. The molecule has 104 valence electrons. The van der Waals surface area contributed by atoms with Crippen LogP contribution in [0.15, 0.2) is 0 Å². The normalized spacial score (nSPS) is 12.1. The molecule has 0 aliphatic rings. The third kappa shape index (κ3) is 5.44. The van der Waals surface area contributed by atoms with Crippen LogP contribution in [0.1, 0.15) is 43.3 Å². The maximum Gasteiger partial charge on any atom is 0.119 e. The van der Waals surface area contributed by atoms with Crippen LogP contribution in [0.3, 0.4) is 0 Å². The number of nitrogens with zero attached hydrogens (tertiary/aromatic N) is 1. The zero-order valence-electron chi connectivity index (χ0n) is 12.0. The van der Waals surface area contributed by atoms with E-state index in [4.69, 9.17) is 9.47 Å². The molecule has 1 heterocycles. The molecule has 1 N–H and O–H groups in total. The van der Waals surface area contributed by atoms with E-state index in [1.165, 1.54) is 4.88 Å². The molecular formula is C13H24N2O2S. The molecule has 0 atom stereocenters. The van der Waals surface area contributed by atoms with Crippen molar-refractivity contribution in [1.29, 1.82) is 0 Å². The number of rotatable bonds is 7. The second-order valence-electron chi connectivity index (χ2n) is 5.15. The van der Waals surface area contributed by atoms with Crippen LogP contribution in [-0.2, 0) is 29.2 Å². The lowest BCUT2D eigenvalue weighted by Crippen LogP contribution is -2.35. The molecule has 0 amide bonds. The highest BCUT2D eigenvalue weighted by molar-refractivity contribution is 7.11. The standard InChI is InChI=1S/C13H24N2O2S/c1-6-17-9-12-15-10(8-16-5)11(18-12)7-14-13(2,3)4/h14H,6-9H2,1-5H3. The van der Waals surface area contributed by atoms with E-state index in [0.29, 0.717) is 13.2 Å². The monoisotopic (exact) mass is 272 g/mol. The Morgan fingerprint density at radius 2 is 2.00 bits per heavy atom. The van der Waals surface area contributed by atoms with E-state index in [0.717, 1.165) is 23.9 Å². The molecule has 1 aromatic rings. The maximum atomic E-state index is 5.40. The van der Waals surface area contributed by atoms with Gasteiger partial charge in [0.1, 0.15) is 5.01 Å². The molecule has 0 aliphatic carbocycles. The molecule has 0 aliphatic heterocycles. The summed E-state index contributed by atoms with van der Waals surface area (Å²) in [6.07, 6.45) is 0. The van der Waals surface area contributed by atoms with Gasteiger partial charge >= 0.3 is 0 Å². The molecule has 5 heteroatoms. The van der Waals surface area contributed by atoms with Crippen molar-refractivity contribution in [2.75, 3.05) is 13.7 Å². The summed E-state index contributed by atoms with van der Waals surface area (Å²) in [4.78, 5) is 5.80. The number of methoxy groups -OCH3 is 1. The Bertz CT molecular complexity index is 358. The first-order chi connectivity index (χ1) is 8.46. The molecule has 0 saturated heterocycles.